The van der Waals surface area contributed by atoms with Gasteiger partial charge < -0.3 is 4.74 Å². The molecule has 0 saturated heterocycles. The lowest BCUT2D eigenvalue weighted by Crippen LogP contribution is -2.29. The van der Waals surface area contributed by atoms with Gasteiger partial charge in [0.15, 0.2) is 0 Å². The van der Waals surface area contributed by atoms with Crippen LogP contribution < -0.4 is 4.74 Å². The largest absolute Gasteiger partial charge is 0.436 e. The lowest BCUT2D eigenvalue weighted by Gasteiger charge is -2.21. The van der Waals surface area contributed by atoms with Gasteiger partial charge in [-0.1, -0.05) is 6.07 Å². The van der Waals surface area contributed by atoms with Crippen LogP contribution in [0.4, 0.5) is 10.5 Å². The summed E-state index contributed by atoms with van der Waals surface area (Å²) < 4.78 is 5.22. The number of hydrogen-bond donors (Lipinski definition) is 0. The standard InChI is InChI=1S/C15H12N4O4/c20-15(23-13-5-3-12(4-6-13)19(21)22)18-14(7-9-17-18)11-2-1-8-16-10-11/h1-6,8-10,14H,7H2/t14-/m0/s1. The molecule has 8 heteroatoms. The van der Waals surface area contributed by atoms with Crippen LogP contribution in [0.3, 0.4) is 0 Å². The zero-order chi connectivity index (χ0) is 16.2. The third-order valence-electron chi connectivity index (χ3n) is 3.34. The molecule has 1 aliphatic rings. The first kappa shape index (κ1) is 14.6. The molecule has 0 fully saturated rings. The van der Waals surface area contributed by atoms with Crippen LogP contribution in [-0.4, -0.2) is 27.2 Å². The molecule has 0 saturated carbocycles. The van der Waals surface area contributed by atoms with Crippen LogP contribution in [0, 0.1) is 10.1 Å². The molecular weight excluding hydrogens is 300 g/mol. The van der Waals surface area contributed by atoms with Crippen LogP contribution in [0.25, 0.3) is 0 Å². The van der Waals surface area contributed by atoms with Crippen molar-refractivity contribution in [2.45, 2.75) is 12.5 Å². The van der Waals surface area contributed by atoms with Crippen LogP contribution in [0.5, 0.6) is 5.75 Å². The van der Waals surface area contributed by atoms with Crippen LogP contribution in [-0.2, 0) is 0 Å². The summed E-state index contributed by atoms with van der Waals surface area (Å²) in [6.07, 6.45) is 4.88. The van der Waals surface area contributed by atoms with Crippen LogP contribution in [0.2, 0.25) is 0 Å². The van der Waals surface area contributed by atoms with E-state index in [1.807, 2.05) is 6.07 Å². The molecule has 0 radical (unpaired) electrons. The quantitative estimate of drug-likeness (QED) is 0.641. The molecule has 8 nitrogen and oxygen atoms in total. The van der Waals surface area contributed by atoms with Crippen LogP contribution in [0.15, 0.2) is 53.9 Å². The topological polar surface area (TPSA) is 97.9 Å². The fraction of sp³-hybridized carbons (Fsp3) is 0.133. The number of carbonyl (C=O) groups is 1. The normalized spacial score (nSPS) is 16.3. The van der Waals surface area contributed by atoms with Gasteiger partial charge in [0.05, 0.1) is 11.0 Å². The van der Waals surface area contributed by atoms with E-state index in [2.05, 4.69) is 10.1 Å². The molecule has 0 unspecified atom stereocenters. The second-order valence-corrected chi connectivity index (χ2v) is 4.80. The van der Waals surface area contributed by atoms with E-state index in [4.69, 9.17) is 4.74 Å². The summed E-state index contributed by atoms with van der Waals surface area (Å²) in [6, 6.07) is 8.66. The van der Waals surface area contributed by atoms with Gasteiger partial charge in [0, 0.05) is 37.2 Å². The Morgan fingerprint density at radius 3 is 2.74 bits per heavy atom. The minimum absolute atomic E-state index is 0.0720. The number of nitrogens with zero attached hydrogens (tertiary/aromatic N) is 4. The van der Waals surface area contributed by atoms with Gasteiger partial charge in [-0.3, -0.25) is 15.1 Å². The summed E-state index contributed by atoms with van der Waals surface area (Å²) in [7, 11) is 0. The Morgan fingerprint density at radius 1 is 1.30 bits per heavy atom. The number of hydrazone groups is 1. The van der Waals surface area contributed by atoms with Crippen molar-refractivity contribution in [2.24, 2.45) is 5.10 Å². The first-order valence-electron chi connectivity index (χ1n) is 6.83. The second-order valence-electron chi connectivity index (χ2n) is 4.80. The fourth-order valence-corrected chi connectivity index (χ4v) is 2.22. The minimum Gasteiger partial charge on any atom is -0.409 e. The lowest BCUT2D eigenvalue weighted by molar-refractivity contribution is -0.384. The number of amides is 1. The predicted octanol–water partition coefficient (Wildman–Crippen LogP) is 2.92. The molecule has 2 aromatic rings. The maximum absolute atomic E-state index is 12.3. The SMILES string of the molecule is O=C(Oc1ccc([N+](=O)[O-])cc1)N1N=CC[C@H]1c1cccnc1. The molecule has 1 amide bonds. The van der Waals surface area contributed by atoms with Gasteiger partial charge in [0.1, 0.15) is 5.75 Å². The Bertz CT molecular complexity index is 746. The van der Waals surface area contributed by atoms with E-state index < -0.39 is 11.0 Å². The van der Waals surface area contributed by atoms with Gasteiger partial charge in [-0.15, -0.1) is 0 Å². The Labute approximate surface area is 131 Å². The third-order valence-corrected chi connectivity index (χ3v) is 3.34. The summed E-state index contributed by atoms with van der Waals surface area (Å²) in [5, 5.41) is 15.9. The van der Waals surface area contributed by atoms with Gasteiger partial charge >= 0.3 is 6.09 Å². The number of nitro benzene ring substituents is 1. The highest BCUT2D eigenvalue weighted by Crippen LogP contribution is 2.28. The van der Waals surface area contributed by atoms with E-state index in [0.717, 1.165) is 5.56 Å². The highest BCUT2D eigenvalue weighted by molar-refractivity contribution is 5.75. The number of carbonyl (C=O) groups excluding carboxylic acids is 1. The van der Waals surface area contributed by atoms with E-state index in [9.17, 15) is 14.9 Å². The maximum Gasteiger partial charge on any atom is 0.436 e. The van der Waals surface area contributed by atoms with Gasteiger partial charge in [0.25, 0.3) is 5.69 Å². The van der Waals surface area contributed by atoms with E-state index in [0.29, 0.717) is 6.42 Å². The molecule has 0 N–H and O–H groups in total. The minimum atomic E-state index is -0.651. The average Bonchev–Trinajstić information content (AvgIpc) is 3.06. The summed E-state index contributed by atoms with van der Waals surface area (Å²) in [5.41, 5.74) is 0.780. The Morgan fingerprint density at radius 2 is 2.09 bits per heavy atom. The van der Waals surface area contributed by atoms with Crippen molar-refractivity contribution < 1.29 is 14.5 Å². The zero-order valence-corrected chi connectivity index (χ0v) is 11.9. The first-order valence-corrected chi connectivity index (χ1v) is 6.83. The molecule has 1 atom stereocenters. The van der Waals surface area contributed by atoms with Crippen LogP contribution in [0.1, 0.15) is 18.0 Å². The summed E-state index contributed by atoms with van der Waals surface area (Å²) in [5.74, 6) is 0.215. The number of ether oxygens (including phenoxy) is 1. The van der Waals surface area contributed by atoms with Crippen molar-refractivity contribution in [1.29, 1.82) is 0 Å². The van der Waals surface area contributed by atoms with Gasteiger partial charge in [-0.2, -0.15) is 10.1 Å². The third kappa shape index (κ3) is 3.15. The second kappa shape index (κ2) is 6.22. The lowest BCUT2D eigenvalue weighted by atomic mass is 10.1. The molecule has 3 rings (SSSR count). The molecular formula is C15H12N4O4. The van der Waals surface area contributed by atoms with E-state index in [-0.39, 0.29) is 17.5 Å². The van der Waals surface area contributed by atoms with Crippen molar-refractivity contribution in [3.05, 3.63) is 64.5 Å². The van der Waals surface area contributed by atoms with E-state index in [1.54, 1.807) is 24.7 Å². The Kier molecular flexibility index (Phi) is 3.96. The number of non-ortho nitro benzene ring substituents is 1. The van der Waals surface area contributed by atoms with Gasteiger partial charge in [-0.25, -0.2) is 4.79 Å². The molecule has 23 heavy (non-hydrogen) atoms. The summed E-state index contributed by atoms with van der Waals surface area (Å²) >= 11 is 0. The number of pyridine rings is 1. The molecule has 1 aliphatic heterocycles. The molecule has 0 bridgehead atoms. The number of benzene rings is 1. The smallest absolute Gasteiger partial charge is 0.409 e. The predicted molar refractivity (Wildman–Crippen MR) is 81.0 cm³/mol. The number of nitro groups is 1. The van der Waals surface area contributed by atoms with Crippen molar-refractivity contribution in [3.8, 4) is 5.75 Å². The fourth-order valence-electron chi connectivity index (χ4n) is 2.22. The molecule has 1 aromatic carbocycles. The highest BCUT2D eigenvalue weighted by atomic mass is 16.6. The Hall–Kier alpha value is -3.29. The molecule has 0 aliphatic carbocycles. The number of rotatable bonds is 3. The number of hydrogen-bond acceptors (Lipinski definition) is 6. The van der Waals surface area contributed by atoms with Crippen molar-refractivity contribution >= 4 is 18.0 Å². The van der Waals surface area contributed by atoms with E-state index in [1.165, 1.54) is 29.3 Å². The van der Waals surface area contributed by atoms with Crippen LogP contribution >= 0.6 is 0 Å². The van der Waals surface area contributed by atoms with E-state index >= 15 is 0 Å². The molecule has 1 aromatic heterocycles. The number of aromatic nitrogens is 1. The molecule has 0 spiro atoms. The first-order chi connectivity index (χ1) is 11.1. The van der Waals surface area contributed by atoms with Gasteiger partial charge in [-0.05, 0) is 23.8 Å². The summed E-state index contributed by atoms with van der Waals surface area (Å²) in [6.45, 7) is 0. The van der Waals surface area contributed by atoms with Crippen molar-refractivity contribution in [3.63, 3.8) is 0 Å². The summed E-state index contributed by atoms with van der Waals surface area (Å²) in [4.78, 5) is 26.4. The zero-order valence-electron chi connectivity index (χ0n) is 11.9. The van der Waals surface area contributed by atoms with Crippen molar-refractivity contribution in [2.75, 3.05) is 0 Å². The Balaban J connectivity index is 1.72. The molecule has 2 heterocycles. The highest BCUT2D eigenvalue weighted by Gasteiger charge is 2.30. The maximum atomic E-state index is 12.3. The average molecular weight is 312 g/mol. The monoisotopic (exact) mass is 312 g/mol. The van der Waals surface area contributed by atoms with Crippen molar-refractivity contribution in [1.82, 2.24) is 9.99 Å². The van der Waals surface area contributed by atoms with Gasteiger partial charge in [0.2, 0.25) is 0 Å². The molecule has 116 valence electrons.